The van der Waals surface area contributed by atoms with E-state index in [4.69, 9.17) is 0 Å². The molecule has 0 nitrogen and oxygen atoms in total. The van der Waals surface area contributed by atoms with Gasteiger partial charge >= 0.3 is 0 Å². The van der Waals surface area contributed by atoms with Crippen LogP contribution in [0.1, 0.15) is 0 Å². The van der Waals surface area contributed by atoms with E-state index in [1.54, 1.807) is 0 Å². The van der Waals surface area contributed by atoms with Crippen LogP contribution < -0.4 is 0 Å². The number of hydrogen-bond acceptors (Lipinski definition) is 2. The molecule has 0 N–H and O–H groups in total. The summed E-state index contributed by atoms with van der Waals surface area (Å²) in [4.78, 5) is 0. The van der Waals surface area contributed by atoms with Crippen LogP contribution in [0, 0.1) is 0 Å². The lowest BCUT2D eigenvalue weighted by Gasteiger charge is -2.18. The number of fused-ring (bicyclic) bond motifs is 8. The zero-order valence-electron chi connectivity index (χ0n) is 21.5. The third kappa shape index (κ3) is 3.18. The maximum absolute atomic E-state index is 2.44. The molecular weight excluding hydrogens is 521 g/mol. The van der Waals surface area contributed by atoms with Gasteiger partial charge in [0.2, 0.25) is 0 Å². The van der Waals surface area contributed by atoms with E-state index in [1.807, 2.05) is 22.7 Å². The fraction of sp³-hybridized carbons (Fsp3) is 0. The Morgan fingerprint density at radius 2 is 0.950 bits per heavy atom. The Balaban J connectivity index is 1.39. The average Bonchev–Trinajstić information content (AvgIpc) is 3.63. The minimum Gasteiger partial charge on any atom is -0.144 e. The van der Waals surface area contributed by atoms with Crippen molar-refractivity contribution < 1.29 is 0 Å². The summed E-state index contributed by atoms with van der Waals surface area (Å²) in [5.41, 5.74) is 5.16. The molecule has 0 atom stereocenters. The fourth-order valence-electron chi connectivity index (χ4n) is 6.57. The Kier molecular flexibility index (Phi) is 4.74. The van der Waals surface area contributed by atoms with Crippen LogP contribution in [0.4, 0.5) is 0 Å². The first-order valence-corrected chi connectivity index (χ1v) is 15.3. The molecule has 0 bridgehead atoms. The summed E-state index contributed by atoms with van der Waals surface area (Å²) in [5, 5.41) is 14.0. The SMILES string of the molecule is c1ccc2cc(-c3c4ccccc4c(-c4ccc5sc6ccc7sccc7c6c5c4)c4ccccc34)ccc2c1. The molecule has 2 heterocycles. The van der Waals surface area contributed by atoms with Crippen molar-refractivity contribution in [1.29, 1.82) is 0 Å². The predicted molar refractivity (Wildman–Crippen MR) is 178 cm³/mol. The van der Waals surface area contributed by atoms with Gasteiger partial charge in [-0.15, -0.1) is 22.7 Å². The second-order valence-corrected chi connectivity index (χ2v) is 12.5. The van der Waals surface area contributed by atoms with Gasteiger partial charge in [-0.2, -0.15) is 0 Å². The Morgan fingerprint density at radius 1 is 0.375 bits per heavy atom. The standard InChI is InChI=1S/C38H22S2/c1-2-8-24-21-25(14-13-23(24)7-1)36-27-9-3-5-11-29(27)37(30-12-6-4-10-28(30)36)26-15-16-34-32(22-26)38-31-19-20-39-33(31)17-18-35(38)40-34/h1-22H. The van der Waals surface area contributed by atoms with Crippen LogP contribution in [0.25, 0.3) is 84.8 Å². The van der Waals surface area contributed by atoms with E-state index >= 15 is 0 Å². The van der Waals surface area contributed by atoms with Crippen LogP contribution >= 0.6 is 22.7 Å². The van der Waals surface area contributed by atoms with Crippen LogP contribution in [0.2, 0.25) is 0 Å². The van der Waals surface area contributed by atoms with Gasteiger partial charge in [0.15, 0.2) is 0 Å². The van der Waals surface area contributed by atoms with Crippen LogP contribution in [-0.4, -0.2) is 0 Å². The van der Waals surface area contributed by atoms with Crippen molar-refractivity contribution >= 4 is 85.2 Å². The second kappa shape index (κ2) is 8.50. The van der Waals surface area contributed by atoms with Gasteiger partial charge in [0.25, 0.3) is 0 Å². The van der Waals surface area contributed by atoms with E-state index < -0.39 is 0 Å². The molecule has 7 aromatic carbocycles. The second-order valence-electron chi connectivity index (χ2n) is 10.5. The highest BCUT2D eigenvalue weighted by atomic mass is 32.1. The predicted octanol–water partition coefficient (Wildman–Crippen LogP) is 12.1. The first-order valence-electron chi connectivity index (χ1n) is 13.6. The van der Waals surface area contributed by atoms with E-state index in [0.29, 0.717) is 0 Å². The van der Waals surface area contributed by atoms with Gasteiger partial charge in [0, 0.05) is 30.3 Å². The summed E-state index contributed by atoms with van der Waals surface area (Å²) in [6, 6.07) is 47.3. The van der Waals surface area contributed by atoms with Crippen LogP contribution in [0.3, 0.4) is 0 Å². The molecule has 186 valence electrons. The topological polar surface area (TPSA) is 0 Å². The molecule has 40 heavy (non-hydrogen) atoms. The van der Waals surface area contributed by atoms with Crippen molar-refractivity contribution in [1.82, 2.24) is 0 Å². The molecule has 0 aliphatic carbocycles. The molecule has 2 aromatic heterocycles. The normalized spacial score (nSPS) is 12.0. The summed E-state index contributed by atoms with van der Waals surface area (Å²) in [6.07, 6.45) is 0. The van der Waals surface area contributed by atoms with Gasteiger partial charge in [-0.05, 0) is 96.3 Å². The van der Waals surface area contributed by atoms with E-state index in [0.717, 1.165) is 0 Å². The molecule has 0 amide bonds. The molecule has 0 unspecified atom stereocenters. The molecule has 9 aromatic rings. The van der Waals surface area contributed by atoms with E-state index in [2.05, 4.69) is 133 Å². The minimum atomic E-state index is 1.26. The summed E-state index contributed by atoms with van der Waals surface area (Å²) < 4.78 is 4.06. The van der Waals surface area contributed by atoms with Crippen molar-refractivity contribution in [3.05, 3.63) is 133 Å². The maximum atomic E-state index is 2.44. The van der Waals surface area contributed by atoms with E-state index in [-0.39, 0.29) is 0 Å². The number of benzene rings is 7. The van der Waals surface area contributed by atoms with Crippen LogP contribution in [-0.2, 0) is 0 Å². The average molecular weight is 543 g/mol. The van der Waals surface area contributed by atoms with Crippen molar-refractivity contribution in [3.8, 4) is 22.3 Å². The molecule has 0 aliphatic rings. The Morgan fingerprint density at radius 3 is 1.68 bits per heavy atom. The van der Waals surface area contributed by atoms with Gasteiger partial charge in [0.05, 0.1) is 0 Å². The number of thiophene rings is 2. The Labute approximate surface area is 239 Å². The van der Waals surface area contributed by atoms with Crippen molar-refractivity contribution in [2.75, 3.05) is 0 Å². The molecule has 0 saturated carbocycles. The molecule has 9 rings (SSSR count). The van der Waals surface area contributed by atoms with Gasteiger partial charge in [-0.3, -0.25) is 0 Å². The molecule has 0 fully saturated rings. The largest absolute Gasteiger partial charge is 0.144 e. The molecule has 0 radical (unpaired) electrons. The molecule has 2 heteroatoms. The van der Waals surface area contributed by atoms with Gasteiger partial charge < -0.3 is 0 Å². The highest BCUT2D eigenvalue weighted by Gasteiger charge is 2.18. The van der Waals surface area contributed by atoms with Gasteiger partial charge in [0.1, 0.15) is 0 Å². The van der Waals surface area contributed by atoms with Gasteiger partial charge in [-0.1, -0.05) is 91.0 Å². The smallest absolute Gasteiger partial charge is 0.0362 e. The Bertz CT molecular complexity index is 2380. The van der Waals surface area contributed by atoms with E-state index in [9.17, 15) is 0 Å². The summed E-state index contributed by atoms with van der Waals surface area (Å²) in [7, 11) is 0. The number of rotatable bonds is 2. The highest BCUT2D eigenvalue weighted by Crippen LogP contribution is 2.46. The monoisotopic (exact) mass is 542 g/mol. The summed E-state index contributed by atoms with van der Waals surface area (Å²) in [6.45, 7) is 0. The highest BCUT2D eigenvalue weighted by molar-refractivity contribution is 7.26. The van der Waals surface area contributed by atoms with Crippen molar-refractivity contribution in [3.63, 3.8) is 0 Å². The molecule has 0 aliphatic heterocycles. The molecule has 0 spiro atoms. The fourth-order valence-corrected chi connectivity index (χ4v) is 8.47. The van der Waals surface area contributed by atoms with E-state index in [1.165, 1.54) is 84.8 Å². The van der Waals surface area contributed by atoms with Crippen molar-refractivity contribution in [2.24, 2.45) is 0 Å². The zero-order chi connectivity index (χ0) is 26.2. The lowest BCUT2D eigenvalue weighted by atomic mass is 9.85. The third-order valence-corrected chi connectivity index (χ3v) is 10.3. The number of hydrogen-bond donors (Lipinski definition) is 0. The molecular formula is C38H22S2. The lowest BCUT2D eigenvalue weighted by Crippen LogP contribution is -1.91. The molecule has 0 saturated heterocycles. The van der Waals surface area contributed by atoms with Crippen LogP contribution in [0.5, 0.6) is 0 Å². The first kappa shape index (κ1) is 22.3. The quantitative estimate of drug-likeness (QED) is 0.191. The third-order valence-electron chi connectivity index (χ3n) is 8.32. The lowest BCUT2D eigenvalue weighted by molar-refractivity contribution is 1.69. The first-order chi connectivity index (χ1) is 19.8. The summed E-state index contributed by atoms with van der Waals surface area (Å²) >= 11 is 3.72. The maximum Gasteiger partial charge on any atom is 0.0362 e. The minimum absolute atomic E-state index is 1.26. The Hall–Kier alpha value is -4.50. The van der Waals surface area contributed by atoms with Crippen LogP contribution in [0.15, 0.2) is 133 Å². The van der Waals surface area contributed by atoms with Gasteiger partial charge in [-0.25, -0.2) is 0 Å². The summed E-state index contributed by atoms with van der Waals surface area (Å²) in [5.74, 6) is 0. The zero-order valence-corrected chi connectivity index (χ0v) is 23.2. The van der Waals surface area contributed by atoms with Crippen molar-refractivity contribution in [2.45, 2.75) is 0 Å².